The maximum Gasteiger partial charge on any atom is 0.222 e. The summed E-state index contributed by atoms with van der Waals surface area (Å²) in [6, 6.07) is -0.765. The molecule has 0 aliphatic rings. The highest BCUT2D eigenvalue weighted by Gasteiger charge is 2.20. The number of hydrogen-bond acceptors (Lipinski definition) is 4. The summed E-state index contributed by atoms with van der Waals surface area (Å²) < 4.78 is 0. The van der Waals surface area contributed by atoms with E-state index >= 15 is 0 Å². The van der Waals surface area contributed by atoms with E-state index in [0.29, 0.717) is 6.42 Å². The van der Waals surface area contributed by atoms with Gasteiger partial charge in [0.05, 0.1) is 31.3 Å². The van der Waals surface area contributed by atoms with E-state index in [-0.39, 0.29) is 18.9 Å². The molecule has 340 valence electrons. The van der Waals surface area contributed by atoms with Crippen LogP contribution in [0.2, 0.25) is 0 Å². The van der Waals surface area contributed by atoms with Gasteiger partial charge in [0, 0.05) is 0 Å². The first kappa shape index (κ1) is 56.3. The van der Waals surface area contributed by atoms with Crippen LogP contribution < -0.4 is 5.32 Å². The molecule has 0 aromatic heterocycles. The number of allylic oxidation sites excluding steroid dienone is 7. The lowest BCUT2D eigenvalue weighted by Gasteiger charge is -2.21. The molecule has 3 unspecified atom stereocenters. The molecule has 3 atom stereocenters. The Labute approximate surface area is 361 Å². The first-order chi connectivity index (χ1) is 28.5. The molecule has 0 aromatic carbocycles. The van der Waals surface area contributed by atoms with E-state index in [1.807, 2.05) is 6.08 Å². The number of aliphatic hydroxyl groups is 3. The fraction of sp³-hybridized carbons (Fsp3) is 0.830. The van der Waals surface area contributed by atoms with Crippen LogP contribution in [0.5, 0.6) is 0 Å². The number of rotatable bonds is 46. The minimum Gasteiger partial charge on any atom is -0.394 e. The number of unbranched alkanes of at least 4 members (excludes halogenated alkanes) is 31. The Morgan fingerprint density at radius 1 is 0.448 bits per heavy atom. The predicted octanol–water partition coefficient (Wildman–Crippen LogP) is 15.3. The summed E-state index contributed by atoms with van der Waals surface area (Å²) in [7, 11) is 0. The molecule has 0 aromatic rings. The Hall–Kier alpha value is -1.69. The maximum absolute atomic E-state index is 12.5. The Morgan fingerprint density at radius 3 is 1.21 bits per heavy atom. The van der Waals surface area contributed by atoms with Gasteiger partial charge in [-0.2, -0.15) is 0 Å². The van der Waals surface area contributed by atoms with Gasteiger partial charge in [0.2, 0.25) is 5.91 Å². The van der Waals surface area contributed by atoms with Gasteiger partial charge in [-0.25, -0.2) is 0 Å². The number of carbonyl (C=O) groups is 1. The standard InChI is InChI=1S/C53H99NO4/c1-3-5-7-9-11-13-15-17-19-21-23-25-26-27-28-30-32-34-36-38-40-42-44-46-50(56)48-53(58)54-51(49-55)52(57)47-45-43-41-39-37-35-33-31-29-24-22-20-18-16-14-12-10-8-6-4-2/h23,25,27-28,37,39,45,47,50-52,55-57H,3-22,24,26,29-36,38,40-44,46,48-49H2,1-2H3,(H,54,58)/b25-23-,28-27-,39-37+,47-45+. The summed E-state index contributed by atoms with van der Waals surface area (Å²) in [6.07, 6.45) is 62.7. The molecule has 0 spiro atoms. The normalized spacial score (nSPS) is 13.8. The highest BCUT2D eigenvalue weighted by molar-refractivity contribution is 5.76. The summed E-state index contributed by atoms with van der Waals surface area (Å²) >= 11 is 0. The third kappa shape index (κ3) is 43.9. The van der Waals surface area contributed by atoms with E-state index in [0.717, 1.165) is 38.5 Å². The van der Waals surface area contributed by atoms with E-state index in [9.17, 15) is 20.1 Å². The van der Waals surface area contributed by atoms with Crippen molar-refractivity contribution in [1.29, 1.82) is 0 Å². The Balaban J connectivity index is 3.68. The molecule has 0 bridgehead atoms. The molecule has 0 heterocycles. The molecule has 0 aliphatic carbocycles. The van der Waals surface area contributed by atoms with Crippen molar-refractivity contribution >= 4 is 5.91 Å². The van der Waals surface area contributed by atoms with E-state index in [4.69, 9.17) is 0 Å². The summed E-state index contributed by atoms with van der Waals surface area (Å²) in [4.78, 5) is 12.5. The van der Waals surface area contributed by atoms with Crippen LogP contribution in [0.25, 0.3) is 0 Å². The Morgan fingerprint density at radius 2 is 0.793 bits per heavy atom. The average molecular weight is 814 g/mol. The number of hydrogen-bond donors (Lipinski definition) is 4. The Kier molecular flexibility index (Phi) is 46.6. The zero-order valence-electron chi connectivity index (χ0n) is 38.7. The van der Waals surface area contributed by atoms with E-state index in [1.54, 1.807) is 6.08 Å². The van der Waals surface area contributed by atoms with Crippen molar-refractivity contribution in [3.63, 3.8) is 0 Å². The number of aliphatic hydroxyl groups excluding tert-OH is 3. The lowest BCUT2D eigenvalue weighted by molar-refractivity contribution is -0.124. The number of nitrogens with one attached hydrogen (secondary N) is 1. The molecule has 0 saturated carbocycles. The second-order valence-electron chi connectivity index (χ2n) is 17.4. The first-order valence-corrected chi connectivity index (χ1v) is 25.4. The molecule has 0 rings (SSSR count). The van der Waals surface area contributed by atoms with Crippen molar-refractivity contribution in [3.8, 4) is 0 Å². The highest BCUT2D eigenvalue weighted by Crippen LogP contribution is 2.15. The summed E-state index contributed by atoms with van der Waals surface area (Å²) in [5.74, 6) is -0.329. The van der Waals surface area contributed by atoms with Crippen molar-refractivity contribution in [2.24, 2.45) is 0 Å². The molecule has 0 fully saturated rings. The molecule has 4 N–H and O–H groups in total. The largest absolute Gasteiger partial charge is 0.394 e. The molecular weight excluding hydrogens is 715 g/mol. The van der Waals surface area contributed by atoms with Crippen LogP contribution >= 0.6 is 0 Å². The third-order valence-corrected chi connectivity index (χ3v) is 11.6. The van der Waals surface area contributed by atoms with Gasteiger partial charge in [0.15, 0.2) is 0 Å². The maximum atomic E-state index is 12.5. The fourth-order valence-electron chi connectivity index (χ4n) is 7.68. The smallest absolute Gasteiger partial charge is 0.222 e. The van der Waals surface area contributed by atoms with Crippen molar-refractivity contribution in [2.45, 2.75) is 276 Å². The van der Waals surface area contributed by atoms with Gasteiger partial charge in [-0.15, -0.1) is 0 Å². The van der Waals surface area contributed by atoms with Crippen LogP contribution in [0.15, 0.2) is 48.6 Å². The number of carbonyl (C=O) groups excluding carboxylic acids is 1. The minimum atomic E-state index is -0.956. The minimum absolute atomic E-state index is 0.000342. The topological polar surface area (TPSA) is 89.8 Å². The van der Waals surface area contributed by atoms with Gasteiger partial charge < -0.3 is 20.6 Å². The molecule has 1 amide bonds. The van der Waals surface area contributed by atoms with Crippen LogP contribution in [0.3, 0.4) is 0 Å². The molecule has 0 saturated heterocycles. The molecule has 5 heteroatoms. The van der Waals surface area contributed by atoms with Crippen molar-refractivity contribution in [3.05, 3.63) is 48.6 Å². The number of amides is 1. The van der Waals surface area contributed by atoms with Gasteiger partial charge in [-0.3, -0.25) is 4.79 Å². The lowest BCUT2D eigenvalue weighted by Crippen LogP contribution is -2.45. The second-order valence-corrected chi connectivity index (χ2v) is 17.4. The van der Waals surface area contributed by atoms with Crippen LogP contribution in [0.1, 0.15) is 258 Å². The van der Waals surface area contributed by atoms with Crippen LogP contribution in [0.4, 0.5) is 0 Å². The van der Waals surface area contributed by atoms with E-state index < -0.39 is 18.2 Å². The van der Waals surface area contributed by atoms with Crippen LogP contribution in [-0.4, -0.2) is 46.1 Å². The monoisotopic (exact) mass is 814 g/mol. The van der Waals surface area contributed by atoms with Gasteiger partial charge in [-0.05, 0) is 64.2 Å². The van der Waals surface area contributed by atoms with Crippen molar-refractivity contribution < 1.29 is 20.1 Å². The molecule has 58 heavy (non-hydrogen) atoms. The van der Waals surface area contributed by atoms with Crippen LogP contribution in [-0.2, 0) is 4.79 Å². The zero-order chi connectivity index (χ0) is 42.3. The SMILES string of the molecule is CCCCCCCCCCC/C=C\C/C=C\CCCCCCCCCC(O)CC(=O)NC(CO)C(O)/C=C/CC/C=C/CCCCCCCCCCCCCCCC. The molecule has 5 nitrogen and oxygen atoms in total. The molecule has 0 radical (unpaired) electrons. The highest BCUT2D eigenvalue weighted by atomic mass is 16.3. The van der Waals surface area contributed by atoms with Gasteiger partial charge in [0.1, 0.15) is 0 Å². The average Bonchev–Trinajstić information content (AvgIpc) is 3.22. The van der Waals surface area contributed by atoms with Gasteiger partial charge >= 0.3 is 0 Å². The molecule has 0 aliphatic heterocycles. The van der Waals surface area contributed by atoms with Crippen molar-refractivity contribution in [2.75, 3.05) is 6.61 Å². The van der Waals surface area contributed by atoms with E-state index in [1.165, 1.54) is 193 Å². The zero-order valence-corrected chi connectivity index (χ0v) is 38.7. The quantitative estimate of drug-likeness (QED) is 0.0364. The third-order valence-electron chi connectivity index (χ3n) is 11.6. The van der Waals surface area contributed by atoms with Crippen LogP contribution in [0, 0.1) is 0 Å². The van der Waals surface area contributed by atoms with Crippen molar-refractivity contribution in [1.82, 2.24) is 5.32 Å². The summed E-state index contributed by atoms with van der Waals surface area (Å²) in [5, 5.41) is 33.3. The predicted molar refractivity (Wildman–Crippen MR) is 254 cm³/mol. The van der Waals surface area contributed by atoms with Gasteiger partial charge in [-0.1, -0.05) is 236 Å². The second kappa shape index (κ2) is 48.0. The molecular formula is C53H99NO4. The Bertz CT molecular complexity index is 943. The summed E-state index contributed by atoms with van der Waals surface area (Å²) in [5.41, 5.74) is 0. The summed E-state index contributed by atoms with van der Waals surface area (Å²) in [6.45, 7) is 4.21. The fourth-order valence-corrected chi connectivity index (χ4v) is 7.68. The first-order valence-electron chi connectivity index (χ1n) is 25.4. The lowest BCUT2D eigenvalue weighted by atomic mass is 10.0. The van der Waals surface area contributed by atoms with Gasteiger partial charge in [0.25, 0.3) is 0 Å². The van der Waals surface area contributed by atoms with E-state index in [2.05, 4.69) is 55.6 Å².